The van der Waals surface area contributed by atoms with Gasteiger partial charge in [0.05, 0.1) is 5.56 Å². The van der Waals surface area contributed by atoms with E-state index in [-0.39, 0.29) is 6.61 Å². The van der Waals surface area contributed by atoms with Crippen molar-refractivity contribution in [1.29, 1.82) is 0 Å². The second-order valence-corrected chi connectivity index (χ2v) is 6.42. The van der Waals surface area contributed by atoms with Gasteiger partial charge in [-0.3, -0.25) is 0 Å². The van der Waals surface area contributed by atoms with Crippen molar-refractivity contribution in [3.63, 3.8) is 0 Å². The SMILES string of the molecule is Cc1ccc(C(=O)OCc2cc(=O)oc3cc(C)c(C)cc23)c(C)c1. The number of rotatable bonds is 3. The Hall–Kier alpha value is -2.88. The van der Waals surface area contributed by atoms with E-state index in [9.17, 15) is 9.59 Å². The van der Waals surface area contributed by atoms with E-state index in [1.54, 1.807) is 6.07 Å². The summed E-state index contributed by atoms with van der Waals surface area (Å²) in [5.74, 6) is -0.400. The minimum Gasteiger partial charge on any atom is -0.457 e. The van der Waals surface area contributed by atoms with Gasteiger partial charge in [0.15, 0.2) is 0 Å². The normalized spacial score (nSPS) is 10.9. The molecule has 0 aliphatic carbocycles. The highest BCUT2D eigenvalue weighted by molar-refractivity contribution is 5.91. The third kappa shape index (κ3) is 3.48. The van der Waals surface area contributed by atoms with Crippen LogP contribution in [0.25, 0.3) is 11.0 Å². The van der Waals surface area contributed by atoms with Crippen LogP contribution in [0.1, 0.15) is 38.2 Å². The molecule has 0 aliphatic rings. The van der Waals surface area contributed by atoms with E-state index in [2.05, 4.69) is 0 Å². The van der Waals surface area contributed by atoms with E-state index >= 15 is 0 Å². The summed E-state index contributed by atoms with van der Waals surface area (Å²) in [4.78, 5) is 24.2. The number of hydrogen-bond donors (Lipinski definition) is 0. The van der Waals surface area contributed by atoms with Gasteiger partial charge >= 0.3 is 11.6 Å². The van der Waals surface area contributed by atoms with Gasteiger partial charge < -0.3 is 9.15 Å². The number of esters is 1. The van der Waals surface area contributed by atoms with Crippen LogP contribution in [0.5, 0.6) is 0 Å². The lowest BCUT2D eigenvalue weighted by atomic mass is 10.0. The fraction of sp³-hybridized carbons (Fsp3) is 0.238. The van der Waals surface area contributed by atoms with Crippen molar-refractivity contribution in [2.45, 2.75) is 34.3 Å². The van der Waals surface area contributed by atoms with Crippen LogP contribution >= 0.6 is 0 Å². The lowest BCUT2D eigenvalue weighted by molar-refractivity contribution is 0.0473. The average molecular weight is 336 g/mol. The topological polar surface area (TPSA) is 56.5 Å². The maximum Gasteiger partial charge on any atom is 0.338 e. The highest BCUT2D eigenvalue weighted by Crippen LogP contribution is 2.22. The number of hydrogen-bond acceptors (Lipinski definition) is 4. The second-order valence-electron chi connectivity index (χ2n) is 6.42. The smallest absolute Gasteiger partial charge is 0.338 e. The summed E-state index contributed by atoms with van der Waals surface area (Å²) < 4.78 is 10.7. The molecule has 0 bridgehead atoms. The van der Waals surface area contributed by atoms with Crippen molar-refractivity contribution in [1.82, 2.24) is 0 Å². The number of carbonyl (C=O) groups excluding carboxylic acids is 1. The van der Waals surface area contributed by atoms with Crippen LogP contribution in [0.3, 0.4) is 0 Å². The molecule has 4 nitrogen and oxygen atoms in total. The van der Waals surface area contributed by atoms with Crippen molar-refractivity contribution in [3.05, 3.63) is 80.2 Å². The lowest BCUT2D eigenvalue weighted by Crippen LogP contribution is -2.09. The fourth-order valence-electron chi connectivity index (χ4n) is 2.87. The molecule has 0 aliphatic heterocycles. The van der Waals surface area contributed by atoms with Gasteiger partial charge in [-0.2, -0.15) is 0 Å². The van der Waals surface area contributed by atoms with Gasteiger partial charge in [-0.15, -0.1) is 0 Å². The molecule has 25 heavy (non-hydrogen) atoms. The molecule has 0 saturated heterocycles. The summed E-state index contributed by atoms with van der Waals surface area (Å²) in [5.41, 5.74) is 5.32. The number of fused-ring (bicyclic) bond motifs is 1. The highest BCUT2D eigenvalue weighted by atomic mass is 16.5. The van der Waals surface area contributed by atoms with Crippen LogP contribution in [-0.2, 0) is 11.3 Å². The van der Waals surface area contributed by atoms with E-state index in [0.29, 0.717) is 16.7 Å². The summed E-state index contributed by atoms with van der Waals surface area (Å²) in [6.45, 7) is 7.83. The van der Waals surface area contributed by atoms with Crippen molar-refractivity contribution in [2.24, 2.45) is 0 Å². The quantitative estimate of drug-likeness (QED) is 0.526. The van der Waals surface area contributed by atoms with Gasteiger partial charge in [0.2, 0.25) is 0 Å². The van der Waals surface area contributed by atoms with Gasteiger partial charge in [-0.25, -0.2) is 9.59 Å². The predicted molar refractivity (Wildman–Crippen MR) is 97.0 cm³/mol. The zero-order valence-corrected chi connectivity index (χ0v) is 14.8. The van der Waals surface area contributed by atoms with E-state index in [1.165, 1.54) is 6.07 Å². The lowest BCUT2D eigenvalue weighted by Gasteiger charge is -2.10. The predicted octanol–water partition coefficient (Wildman–Crippen LogP) is 4.38. The maximum absolute atomic E-state index is 12.4. The van der Waals surface area contributed by atoms with Crippen LogP contribution in [0, 0.1) is 27.7 Å². The largest absolute Gasteiger partial charge is 0.457 e. The van der Waals surface area contributed by atoms with Crippen molar-refractivity contribution < 1.29 is 13.9 Å². The third-order valence-electron chi connectivity index (χ3n) is 4.41. The molecule has 3 aromatic rings. The van der Waals surface area contributed by atoms with Gasteiger partial charge in [-0.1, -0.05) is 17.7 Å². The Morgan fingerprint density at radius 1 is 0.960 bits per heavy atom. The molecule has 0 atom stereocenters. The molecule has 0 fully saturated rings. The molecule has 0 saturated carbocycles. The molecule has 0 spiro atoms. The van der Waals surface area contributed by atoms with Crippen molar-refractivity contribution in [2.75, 3.05) is 0 Å². The number of benzene rings is 2. The number of carbonyl (C=O) groups is 1. The van der Waals surface area contributed by atoms with Gasteiger partial charge in [0, 0.05) is 17.0 Å². The van der Waals surface area contributed by atoms with Crippen molar-refractivity contribution >= 4 is 16.9 Å². The third-order valence-corrected chi connectivity index (χ3v) is 4.41. The Bertz CT molecular complexity index is 1030. The summed E-state index contributed by atoms with van der Waals surface area (Å²) >= 11 is 0. The Labute approximate surface area is 146 Å². The van der Waals surface area contributed by atoms with E-state index in [0.717, 1.165) is 27.6 Å². The molecule has 0 radical (unpaired) electrons. The highest BCUT2D eigenvalue weighted by Gasteiger charge is 2.13. The molecule has 0 amide bonds. The summed E-state index contributed by atoms with van der Waals surface area (Å²) in [6.07, 6.45) is 0. The van der Waals surface area contributed by atoms with Gasteiger partial charge in [-0.05, 0) is 62.6 Å². The Balaban J connectivity index is 1.91. The number of ether oxygens (including phenoxy) is 1. The fourth-order valence-corrected chi connectivity index (χ4v) is 2.87. The summed E-state index contributed by atoms with van der Waals surface area (Å²) in [6, 6.07) is 10.7. The molecule has 1 heterocycles. The molecule has 0 N–H and O–H groups in total. The van der Waals surface area contributed by atoms with Crippen molar-refractivity contribution in [3.8, 4) is 0 Å². The molecule has 3 rings (SSSR count). The zero-order valence-electron chi connectivity index (χ0n) is 14.8. The van der Waals surface area contributed by atoms with Crippen LogP contribution < -0.4 is 5.63 Å². The first-order chi connectivity index (χ1) is 11.8. The van der Waals surface area contributed by atoms with Crippen LogP contribution in [0.2, 0.25) is 0 Å². The van der Waals surface area contributed by atoms with E-state index < -0.39 is 11.6 Å². The standard InChI is InChI=1S/C21H20O4/c1-12-5-6-17(15(4)7-12)21(23)24-11-16-10-20(22)25-19-9-14(3)13(2)8-18(16)19/h5-10H,11H2,1-4H3. The second kappa shape index (κ2) is 6.55. The molecule has 2 aromatic carbocycles. The van der Waals surface area contributed by atoms with Crippen LogP contribution in [-0.4, -0.2) is 5.97 Å². The molecular weight excluding hydrogens is 316 g/mol. The maximum atomic E-state index is 12.4. The Kier molecular flexibility index (Phi) is 4.45. The van der Waals surface area contributed by atoms with E-state index in [1.807, 2.05) is 52.0 Å². The first-order valence-corrected chi connectivity index (χ1v) is 8.13. The average Bonchev–Trinajstić information content (AvgIpc) is 2.54. The molecule has 128 valence electrons. The Morgan fingerprint density at radius 2 is 1.68 bits per heavy atom. The number of aryl methyl sites for hydroxylation is 4. The molecule has 4 heteroatoms. The first-order valence-electron chi connectivity index (χ1n) is 8.13. The van der Waals surface area contributed by atoms with E-state index in [4.69, 9.17) is 9.15 Å². The van der Waals surface area contributed by atoms with Gasteiger partial charge in [0.1, 0.15) is 12.2 Å². The summed E-state index contributed by atoms with van der Waals surface area (Å²) in [7, 11) is 0. The minimum absolute atomic E-state index is 0.0246. The minimum atomic E-state index is -0.451. The zero-order chi connectivity index (χ0) is 18.1. The molecular formula is C21H20O4. The molecule has 0 unspecified atom stereocenters. The first kappa shape index (κ1) is 17.0. The van der Waals surface area contributed by atoms with Gasteiger partial charge in [0.25, 0.3) is 0 Å². The van der Waals surface area contributed by atoms with Crippen LogP contribution in [0.15, 0.2) is 45.6 Å². The molecule has 1 aromatic heterocycles. The van der Waals surface area contributed by atoms with Crippen LogP contribution in [0.4, 0.5) is 0 Å². The monoisotopic (exact) mass is 336 g/mol. The Morgan fingerprint density at radius 3 is 2.40 bits per heavy atom. The summed E-state index contributed by atoms with van der Waals surface area (Å²) in [5, 5.41) is 0.788.